The normalized spacial score (nSPS) is 10.6. The number of aromatic nitrogens is 2. The summed E-state index contributed by atoms with van der Waals surface area (Å²) in [5.41, 5.74) is 1.37. The van der Waals surface area contributed by atoms with Crippen LogP contribution in [0.5, 0.6) is 0 Å². The van der Waals surface area contributed by atoms with E-state index in [1.807, 2.05) is 13.0 Å². The lowest BCUT2D eigenvalue weighted by Gasteiger charge is -2.04. The van der Waals surface area contributed by atoms with Crippen molar-refractivity contribution in [2.75, 3.05) is 0 Å². The molecular formula is C11H10N2O3. The van der Waals surface area contributed by atoms with Gasteiger partial charge in [-0.25, -0.2) is 4.98 Å². The molecule has 0 bridgehead atoms. The summed E-state index contributed by atoms with van der Waals surface area (Å²) in [5, 5.41) is 8.65. The molecule has 0 aliphatic rings. The Labute approximate surface area is 91.0 Å². The summed E-state index contributed by atoms with van der Waals surface area (Å²) >= 11 is 0. The first kappa shape index (κ1) is 10.4. The third-order valence-electron chi connectivity index (χ3n) is 2.27. The van der Waals surface area contributed by atoms with E-state index in [1.165, 1.54) is 10.5 Å². The third-order valence-corrected chi connectivity index (χ3v) is 2.27. The van der Waals surface area contributed by atoms with Crippen molar-refractivity contribution < 1.29 is 9.90 Å². The van der Waals surface area contributed by atoms with E-state index in [1.54, 1.807) is 12.3 Å². The number of carbonyl (C=O) groups is 1. The number of hydrogen-bond donors (Lipinski definition) is 1. The molecule has 0 radical (unpaired) electrons. The van der Waals surface area contributed by atoms with Gasteiger partial charge in [0, 0.05) is 12.3 Å². The van der Waals surface area contributed by atoms with Crippen LogP contribution in [-0.2, 0) is 11.2 Å². The lowest BCUT2D eigenvalue weighted by Crippen LogP contribution is -2.17. The highest BCUT2D eigenvalue weighted by molar-refractivity contribution is 5.69. The molecule has 2 aromatic heterocycles. The van der Waals surface area contributed by atoms with Crippen LogP contribution < -0.4 is 5.56 Å². The molecule has 0 aromatic carbocycles. The first-order valence-electron chi connectivity index (χ1n) is 4.77. The van der Waals surface area contributed by atoms with Gasteiger partial charge < -0.3 is 5.11 Å². The van der Waals surface area contributed by atoms with Crippen molar-refractivity contribution in [2.45, 2.75) is 13.3 Å². The number of aryl methyl sites for hydroxylation is 1. The van der Waals surface area contributed by atoms with Crippen LogP contribution in [0.2, 0.25) is 0 Å². The molecule has 0 spiro atoms. The number of aliphatic carboxylic acids is 1. The van der Waals surface area contributed by atoms with E-state index in [2.05, 4.69) is 4.98 Å². The lowest BCUT2D eigenvalue weighted by molar-refractivity contribution is -0.136. The van der Waals surface area contributed by atoms with Crippen LogP contribution in [0.15, 0.2) is 29.2 Å². The Bertz CT molecular complexity index is 616. The predicted octanol–water partition coefficient (Wildman–Crippen LogP) is 0.630. The Balaban J connectivity index is 2.70. The number of pyridine rings is 1. The standard InChI is InChI=1S/C11H10N2O3/c1-7-3-2-4-13-9(14)5-8(6-10(15)16)12-11(7)13/h2-5H,6H2,1H3,(H,15,16). The van der Waals surface area contributed by atoms with Crippen LogP contribution in [-0.4, -0.2) is 20.5 Å². The van der Waals surface area contributed by atoms with Crippen molar-refractivity contribution in [3.63, 3.8) is 0 Å². The smallest absolute Gasteiger partial charge is 0.309 e. The fourth-order valence-corrected chi connectivity index (χ4v) is 1.55. The molecule has 0 aliphatic heterocycles. The van der Waals surface area contributed by atoms with Crippen molar-refractivity contribution in [3.8, 4) is 0 Å². The zero-order chi connectivity index (χ0) is 11.7. The number of fused-ring (bicyclic) bond motifs is 1. The van der Waals surface area contributed by atoms with Crippen molar-refractivity contribution in [1.29, 1.82) is 0 Å². The summed E-state index contributed by atoms with van der Waals surface area (Å²) in [4.78, 5) is 26.4. The van der Waals surface area contributed by atoms with Crippen molar-refractivity contribution in [2.24, 2.45) is 0 Å². The van der Waals surface area contributed by atoms with Gasteiger partial charge in [-0.3, -0.25) is 14.0 Å². The molecule has 0 aliphatic carbocycles. The van der Waals surface area contributed by atoms with Gasteiger partial charge in [-0.1, -0.05) is 6.07 Å². The average Bonchev–Trinajstić information content (AvgIpc) is 2.19. The second-order valence-corrected chi connectivity index (χ2v) is 3.54. The van der Waals surface area contributed by atoms with Crippen LogP contribution in [0.25, 0.3) is 5.65 Å². The molecule has 2 rings (SSSR count). The Morgan fingerprint density at radius 2 is 2.31 bits per heavy atom. The summed E-state index contributed by atoms with van der Waals surface area (Å²) in [6, 6.07) is 4.83. The van der Waals surface area contributed by atoms with E-state index < -0.39 is 5.97 Å². The molecular weight excluding hydrogens is 208 g/mol. The summed E-state index contributed by atoms with van der Waals surface area (Å²) in [7, 11) is 0. The number of rotatable bonds is 2. The number of nitrogens with zero attached hydrogens (tertiary/aromatic N) is 2. The summed E-state index contributed by atoms with van der Waals surface area (Å²) in [6.07, 6.45) is 1.38. The fourth-order valence-electron chi connectivity index (χ4n) is 1.55. The van der Waals surface area contributed by atoms with Crippen LogP contribution in [0.4, 0.5) is 0 Å². The highest BCUT2D eigenvalue weighted by Gasteiger charge is 2.07. The Morgan fingerprint density at radius 1 is 1.56 bits per heavy atom. The molecule has 0 fully saturated rings. The largest absolute Gasteiger partial charge is 0.481 e. The van der Waals surface area contributed by atoms with E-state index >= 15 is 0 Å². The molecule has 2 aromatic rings. The highest BCUT2D eigenvalue weighted by atomic mass is 16.4. The number of carboxylic acids is 1. The minimum Gasteiger partial charge on any atom is -0.481 e. The van der Waals surface area contributed by atoms with Gasteiger partial charge in [0.25, 0.3) is 5.56 Å². The minimum absolute atomic E-state index is 0.236. The fraction of sp³-hybridized carbons (Fsp3) is 0.182. The minimum atomic E-state index is -0.996. The number of hydrogen-bond acceptors (Lipinski definition) is 3. The second kappa shape index (κ2) is 3.77. The van der Waals surface area contributed by atoms with Gasteiger partial charge in [0.05, 0.1) is 12.1 Å². The Morgan fingerprint density at radius 3 is 3.00 bits per heavy atom. The van der Waals surface area contributed by atoms with E-state index in [9.17, 15) is 9.59 Å². The van der Waals surface area contributed by atoms with Crippen molar-refractivity contribution in [3.05, 3.63) is 46.0 Å². The van der Waals surface area contributed by atoms with Crippen molar-refractivity contribution >= 4 is 11.6 Å². The first-order chi connectivity index (χ1) is 7.58. The maximum absolute atomic E-state index is 11.7. The molecule has 0 unspecified atom stereocenters. The second-order valence-electron chi connectivity index (χ2n) is 3.54. The van der Waals surface area contributed by atoms with Gasteiger partial charge in [0.15, 0.2) is 0 Å². The van der Waals surface area contributed by atoms with Gasteiger partial charge in [0.2, 0.25) is 0 Å². The van der Waals surface area contributed by atoms with Crippen LogP contribution in [0.3, 0.4) is 0 Å². The van der Waals surface area contributed by atoms with Gasteiger partial charge in [-0.05, 0) is 18.6 Å². The highest BCUT2D eigenvalue weighted by Crippen LogP contribution is 2.05. The van der Waals surface area contributed by atoms with Gasteiger partial charge in [-0.15, -0.1) is 0 Å². The molecule has 2 heterocycles. The van der Waals surface area contributed by atoms with Crippen LogP contribution in [0.1, 0.15) is 11.3 Å². The summed E-state index contributed by atoms with van der Waals surface area (Å²) in [5.74, 6) is -0.996. The van der Waals surface area contributed by atoms with Crippen molar-refractivity contribution in [1.82, 2.24) is 9.38 Å². The Kier molecular flexibility index (Phi) is 2.44. The molecule has 5 heteroatoms. The topological polar surface area (TPSA) is 71.7 Å². The SMILES string of the molecule is Cc1cccn2c(=O)cc(CC(=O)O)nc12. The lowest BCUT2D eigenvalue weighted by atomic mass is 10.2. The van der Waals surface area contributed by atoms with Crippen LogP contribution >= 0.6 is 0 Å². The maximum atomic E-state index is 11.7. The van der Waals surface area contributed by atoms with E-state index in [0.717, 1.165) is 5.56 Å². The van der Waals surface area contributed by atoms with E-state index in [0.29, 0.717) is 5.65 Å². The molecule has 1 N–H and O–H groups in total. The van der Waals surface area contributed by atoms with Gasteiger partial charge >= 0.3 is 5.97 Å². The Hall–Kier alpha value is -2.17. The van der Waals surface area contributed by atoms with Crippen LogP contribution in [0, 0.1) is 6.92 Å². The average molecular weight is 218 g/mol. The number of carboxylic acid groups (broad SMARTS) is 1. The van der Waals surface area contributed by atoms with E-state index in [-0.39, 0.29) is 17.7 Å². The molecule has 0 saturated heterocycles. The van der Waals surface area contributed by atoms with Gasteiger partial charge in [0.1, 0.15) is 5.65 Å². The summed E-state index contributed by atoms with van der Waals surface area (Å²) in [6.45, 7) is 1.83. The monoisotopic (exact) mass is 218 g/mol. The maximum Gasteiger partial charge on any atom is 0.309 e. The molecule has 0 atom stereocenters. The molecule has 5 nitrogen and oxygen atoms in total. The molecule has 0 saturated carbocycles. The molecule has 0 amide bonds. The first-order valence-corrected chi connectivity index (χ1v) is 4.77. The van der Waals surface area contributed by atoms with E-state index in [4.69, 9.17) is 5.11 Å². The molecule has 82 valence electrons. The zero-order valence-corrected chi connectivity index (χ0v) is 8.67. The molecule has 16 heavy (non-hydrogen) atoms. The quantitative estimate of drug-likeness (QED) is 0.802. The predicted molar refractivity (Wildman–Crippen MR) is 57.5 cm³/mol. The van der Waals surface area contributed by atoms with Gasteiger partial charge in [-0.2, -0.15) is 0 Å². The summed E-state index contributed by atoms with van der Waals surface area (Å²) < 4.78 is 1.40. The zero-order valence-electron chi connectivity index (χ0n) is 8.67. The third kappa shape index (κ3) is 1.79.